The van der Waals surface area contributed by atoms with E-state index in [0.717, 1.165) is 11.1 Å². The number of aliphatic imine (C=N–C) groups is 1. The summed E-state index contributed by atoms with van der Waals surface area (Å²) >= 11 is 3.22. The van der Waals surface area contributed by atoms with E-state index < -0.39 is 0 Å². The monoisotopic (exact) mass is 287 g/mol. The smallest absolute Gasteiger partial charge is 0.170 e. The maximum atomic E-state index is 5.07. The summed E-state index contributed by atoms with van der Waals surface area (Å²) in [6.07, 6.45) is 3.43. The van der Waals surface area contributed by atoms with Gasteiger partial charge in [-0.25, -0.2) is 0 Å². The van der Waals surface area contributed by atoms with Gasteiger partial charge in [0.25, 0.3) is 0 Å². The van der Waals surface area contributed by atoms with Crippen LogP contribution in [0, 0.1) is 11.8 Å². The van der Waals surface area contributed by atoms with Gasteiger partial charge < -0.3 is 4.42 Å². The third kappa shape index (κ3) is 3.93. The molecule has 0 fully saturated rings. The first-order valence-corrected chi connectivity index (χ1v) is 5.92. The molecule has 0 aliphatic heterocycles. The molecule has 1 aromatic carbocycles. The maximum absolute atomic E-state index is 5.07. The van der Waals surface area contributed by atoms with Gasteiger partial charge in [0.15, 0.2) is 4.67 Å². The largest absolute Gasteiger partial charge is 0.456 e. The summed E-state index contributed by atoms with van der Waals surface area (Å²) in [6.45, 7) is 0.484. The molecule has 0 aliphatic rings. The van der Waals surface area contributed by atoms with Crippen LogP contribution in [0.3, 0.4) is 0 Å². The summed E-state index contributed by atoms with van der Waals surface area (Å²) < 4.78 is 5.76. The van der Waals surface area contributed by atoms with E-state index in [1.807, 2.05) is 42.6 Å². The predicted octanol–water partition coefficient (Wildman–Crippen LogP) is 3.51. The van der Waals surface area contributed by atoms with Crippen LogP contribution in [0.2, 0.25) is 0 Å². The standard InChI is InChI=1S/C14H10BrNO/c15-14-9-13(11-17-14)7-4-8-16-10-12-5-2-1-3-6-12/h1-3,5-6,9-11H,8H2. The van der Waals surface area contributed by atoms with E-state index in [0.29, 0.717) is 11.2 Å². The molecule has 0 radical (unpaired) electrons. The second kappa shape index (κ2) is 6.07. The molecule has 2 aromatic rings. The second-order valence-corrected chi connectivity index (χ2v) is 4.10. The molecule has 0 bridgehead atoms. The van der Waals surface area contributed by atoms with Gasteiger partial charge in [-0.05, 0) is 21.5 Å². The Kier molecular flexibility index (Phi) is 4.17. The zero-order valence-electron chi connectivity index (χ0n) is 9.06. The number of hydrogen-bond donors (Lipinski definition) is 0. The molecule has 0 aliphatic carbocycles. The number of benzene rings is 1. The van der Waals surface area contributed by atoms with Gasteiger partial charge in [-0.2, -0.15) is 0 Å². The molecular formula is C14H10BrNO. The molecule has 3 heteroatoms. The van der Waals surface area contributed by atoms with Crippen LogP contribution in [0.1, 0.15) is 11.1 Å². The van der Waals surface area contributed by atoms with Crippen LogP contribution in [0.15, 0.2) is 56.7 Å². The average molecular weight is 288 g/mol. The zero-order chi connectivity index (χ0) is 11.9. The number of halogens is 1. The minimum Gasteiger partial charge on any atom is -0.456 e. The van der Waals surface area contributed by atoms with Crippen LogP contribution in [-0.2, 0) is 0 Å². The number of furan rings is 1. The third-order valence-corrected chi connectivity index (χ3v) is 2.43. The van der Waals surface area contributed by atoms with Gasteiger partial charge in [0.2, 0.25) is 0 Å². The Morgan fingerprint density at radius 1 is 1.29 bits per heavy atom. The van der Waals surface area contributed by atoms with Crippen molar-refractivity contribution in [2.75, 3.05) is 6.54 Å². The number of hydrogen-bond acceptors (Lipinski definition) is 2. The lowest BCUT2D eigenvalue weighted by molar-refractivity contribution is 0.540. The molecule has 0 saturated carbocycles. The summed E-state index contributed by atoms with van der Waals surface area (Å²) in [5, 5.41) is 0. The Hall–Kier alpha value is -1.79. The molecule has 2 nitrogen and oxygen atoms in total. The van der Waals surface area contributed by atoms with Crippen molar-refractivity contribution in [1.29, 1.82) is 0 Å². The van der Waals surface area contributed by atoms with Gasteiger partial charge >= 0.3 is 0 Å². The van der Waals surface area contributed by atoms with Crippen molar-refractivity contribution in [2.24, 2.45) is 4.99 Å². The van der Waals surface area contributed by atoms with Crippen molar-refractivity contribution < 1.29 is 4.42 Å². The average Bonchev–Trinajstić information content (AvgIpc) is 2.76. The fraction of sp³-hybridized carbons (Fsp3) is 0.0714. The van der Waals surface area contributed by atoms with E-state index in [-0.39, 0.29) is 0 Å². The number of nitrogens with zero attached hydrogens (tertiary/aromatic N) is 1. The topological polar surface area (TPSA) is 25.5 Å². The minimum atomic E-state index is 0.484. The van der Waals surface area contributed by atoms with Crippen LogP contribution in [0.4, 0.5) is 0 Å². The highest BCUT2D eigenvalue weighted by atomic mass is 79.9. The highest BCUT2D eigenvalue weighted by Gasteiger charge is 1.92. The molecule has 84 valence electrons. The SMILES string of the molecule is Brc1cc(C#CCN=Cc2ccccc2)co1. The van der Waals surface area contributed by atoms with Crippen molar-refractivity contribution in [3.05, 3.63) is 58.5 Å². The fourth-order valence-corrected chi connectivity index (χ4v) is 1.59. The Morgan fingerprint density at radius 3 is 2.82 bits per heavy atom. The van der Waals surface area contributed by atoms with Crippen molar-refractivity contribution in [3.8, 4) is 11.8 Å². The van der Waals surface area contributed by atoms with Gasteiger partial charge in [0, 0.05) is 12.3 Å². The lowest BCUT2D eigenvalue weighted by Gasteiger charge is -1.88. The van der Waals surface area contributed by atoms with E-state index in [2.05, 4.69) is 32.8 Å². The summed E-state index contributed by atoms with van der Waals surface area (Å²) in [5.41, 5.74) is 1.94. The van der Waals surface area contributed by atoms with Crippen molar-refractivity contribution in [1.82, 2.24) is 0 Å². The first kappa shape index (κ1) is 11.7. The lowest BCUT2D eigenvalue weighted by atomic mass is 10.2. The Balaban J connectivity index is 1.88. The van der Waals surface area contributed by atoms with Gasteiger partial charge in [0.1, 0.15) is 12.8 Å². The molecule has 1 aromatic heterocycles. The van der Waals surface area contributed by atoms with Crippen LogP contribution < -0.4 is 0 Å². The van der Waals surface area contributed by atoms with Gasteiger partial charge in [-0.15, -0.1) is 0 Å². The van der Waals surface area contributed by atoms with Crippen LogP contribution in [-0.4, -0.2) is 12.8 Å². The molecule has 0 atom stereocenters. The predicted molar refractivity (Wildman–Crippen MR) is 72.2 cm³/mol. The van der Waals surface area contributed by atoms with Gasteiger partial charge in [0.05, 0.1) is 5.56 Å². The Labute approximate surface area is 109 Å². The summed E-state index contributed by atoms with van der Waals surface area (Å²) in [6, 6.07) is 11.8. The molecule has 0 saturated heterocycles. The van der Waals surface area contributed by atoms with E-state index >= 15 is 0 Å². The number of rotatable bonds is 2. The first-order valence-electron chi connectivity index (χ1n) is 5.12. The highest BCUT2D eigenvalue weighted by Crippen LogP contribution is 2.12. The van der Waals surface area contributed by atoms with E-state index in [1.165, 1.54) is 0 Å². The maximum Gasteiger partial charge on any atom is 0.170 e. The second-order valence-electron chi connectivity index (χ2n) is 3.32. The van der Waals surface area contributed by atoms with Crippen LogP contribution >= 0.6 is 15.9 Å². The van der Waals surface area contributed by atoms with Crippen LogP contribution in [0.25, 0.3) is 0 Å². The van der Waals surface area contributed by atoms with E-state index in [4.69, 9.17) is 4.42 Å². The molecule has 1 heterocycles. The molecule has 0 amide bonds. The molecule has 0 unspecified atom stereocenters. The minimum absolute atomic E-state index is 0.484. The first-order chi connectivity index (χ1) is 8.34. The van der Waals surface area contributed by atoms with Gasteiger partial charge in [-0.3, -0.25) is 4.99 Å². The Bertz CT molecular complexity index is 561. The van der Waals surface area contributed by atoms with E-state index in [9.17, 15) is 0 Å². The van der Waals surface area contributed by atoms with Crippen LogP contribution in [0.5, 0.6) is 0 Å². The summed E-state index contributed by atoms with van der Waals surface area (Å²) in [5.74, 6) is 5.92. The molecule has 0 N–H and O–H groups in total. The van der Waals surface area contributed by atoms with Gasteiger partial charge in [-0.1, -0.05) is 42.2 Å². The Morgan fingerprint density at radius 2 is 2.12 bits per heavy atom. The molecule has 0 spiro atoms. The molecule has 17 heavy (non-hydrogen) atoms. The van der Waals surface area contributed by atoms with Crippen molar-refractivity contribution in [3.63, 3.8) is 0 Å². The van der Waals surface area contributed by atoms with E-state index in [1.54, 1.807) is 6.26 Å². The zero-order valence-corrected chi connectivity index (χ0v) is 10.6. The quantitative estimate of drug-likeness (QED) is 0.613. The fourth-order valence-electron chi connectivity index (χ4n) is 1.25. The molecule has 2 rings (SSSR count). The normalized spacial score (nSPS) is 10.2. The summed E-state index contributed by atoms with van der Waals surface area (Å²) in [7, 11) is 0. The van der Waals surface area contributed by atoms with Crippen molar-refractivity contribution >= 4 is 22.1 Å². The van der Waals surface area contributed by atoms with Crippen molar-refractivity contribution in [2.45, 2.75) is 0 Å². The molecular weight excluding hydrogens is 278 g/mol. The summed E-state index contributed by atoms with van der Waals surface area (Å²) in [4.78, 5) is 4.22. The third-order valence-electron chi connectivity index (χ3n) is 2.01. The lowest BCUT2D eigenvalue weighted by Crippen LogP contribution is -1.81. The highest BCUT2D eigenvalue weighted by molar-refractivity contribution is 9.10.